The topological polar surface area (TPSA) is 101 Å². The number of nitrogens with one attached hydrogen (secondary N) is 1. The number of nitrogens with zero attached hydrogens (tertiary/aromatic N) is 3. The van der Waals surface area contributed by atoms with Crippen molar-refractivity contribution in [2.24, 2.45) is 5.10 Å². The maximum atomic E-state index is 12.1. The molecule has 0 aliphatic heterocycles. The first-order chi connectivity index (χ1) is 12.4. The van der Waals surface area contributed by atoms with Gasteiger partial charge in [0.15, 0.2) is 0 Å². The van der Waals surface area contributed by atoms with Crippen molar-refractivity contribution in [1.29, 1.82) is 0 Å². The molecule has 9 heteroatoms. The van der Waals surface area contributed by atoms with Crippen LogP contribution in [-0.2, 0) is 14.8 Å². The lowest BCUT2D eigenvalue weighted by atomic mass is 10.3. The van der Waals surface area contributed by atoms with Crippen molar-refractivity contribution in [3.63, 3.8) is 0 Å². The van der Waals surface area contributed by atoms with Crippen LogP contribution >= 0.6 is 0 Å². The lowest BCUT2D eigenvalue weighted by Crippen LogP contribution is -2.39. The summed E-state index contributed by atoms with van der Waals surface area (Å²) in [5, 5.41) is 3.78. The van der Waals surface area contributed by atoms with Crippen LogP contribution in [0.25, 0.3) is 0 Å². The Hall–Kier alpha value is -2.94. The standard InChI is InChI=1S/C17H20N4O4S/c1-3-25-16-9-7-15(8-10-16)21(26(2,23)24)13-17(22)20-19-12-14-6-4-5-11-18-14/h4-12H,3,13H2,1-2H3,(H,20,22)/b19-12-. The number of pyridine rings is 1. The molecule has 0 fully saturated rings. The van der Waals surface area contributed by atoms with Crippen molar-refractivity contribution < 1.29 is 17.9 Å². The van der Waals surface area contributed by atoms with Gasteiger partial charge in [-0.3, -0.25) is 14.1 Å². The average molecular weight is 376 g/mol. The fraction of sp³-hybridized carbons (Fsp3) is 0.235. The van der Waals surface area contributed by atoms with Gasteiger partial charge in [0, 0.05) is 6.20 Å². The van der Waals surface area contributed by atoms with Crippen LogP contribution in [0, 0.1) is 0 Å². The van der Waals surface area contributed by atoms with Gasteiger partial charge in [0.05, 0.1) is 30.5 Å². The van der Waals surface area contributed by atoms with Crippen molar-refractivity contribution in [2.45, 2.75) is 6.92 Å². The van der Waals surface area contributed by atoms with Crippen molar-refractivity contribution in [1.82, 2.24) is 10.4 Å². The summed E-state index contributed by atoms with van der Waals surface area (Å²) in [4.78, 5) is 16.1. The number of hydrogen-bond acceptors (Lipinski definition) is 6. The van der Waals surface area contributed by atoms with Gasteiger partial charge in [-0.05, 0) is 43.3 Å². The highest BCUT2D eigenvalue weighted by atomic mass is 32.2. The molecule has 1 aromatic heterocycles. The number of hydrazone groups is 1. The predicted molar refractivity (Wildman–Crippen MR) is 99.8 cm³/mol. The molecule has 2 rings (SSSR count). The van der Waals surface area contributed by atoms with E-state index in [9.17, 15) is 13.2 Å². The largest absolute Gasteiger partial charge is 0.494 e. The minimum absolute atomic E-state index is 0.361. The first-order valence-corrected chi connectivity index (χ1v) is 9.68. The zero-order valence-electron chi connectivity index (χ0n) is 14.5. The molecule has 0 unspecified atom stereocenters. The molecule has 26 heavy (non-hydrogen) atoms. The highest BCUT2D eigenvalue weighted by Gasteiger charge is 2.20. The Bertz CT molecular complexity index is 852. The molecule has 0 aliphatic carbocycles. The van der Waals surface area contributed by atoms with E-state index >= 15 is 0 Å². The van der Waals surface area contributed by atoms with Crippen molar-refractivity contribution in [3.8, 4) is 5.75 Å². The molecule has 0 radical (unpaired) electrons. The monoisotopic (exact) mass is 376 g/mol. The Morgan fingerprint density at radius 3 is 2.58 bits per heavy atom. The Morgan fingerprint density at radius 1 is 1.27 bits per heavy atom. The van der Waals surface area contributed by atoms with Gasteiger partial charge in [0.25, 0.3) is 5.91 Å². The smallest absolute Gasteiger partial charge is 0.260 e. The summed E-state index contributed by atoms with van der Waals surface area (Å²) in [6.45, 7) is 1.96. The molecule has 1 heterocycles. The third-order valence-corrected chi connectivity index (χ3v) is 4.34. The quantitative estimate of drug-likeness (QED) is 0.554. The van der Waals surface area contributed by atoms with E-state index in [-0.39, 0.29) is 0 Å². The van der Waals surface area contributed by atoms with Crippen LogP contribution in [0.3, 0.4) is 0 Å². The summed E-state index contributed by atoms with van der Waals surface area (Å²) in [5.41, 5.74) is 3.22. The Kier molecular flexibility index (Phi) is 6.67. The fourth-order valence-electron chi connectivity index (χ4n) is 2.06. The van der Waals surface area contributed by atoms with Gasteiger partial charge < -0.3 is 4.74 Å². The molecule has 0 bridgehead atoms. The van der Waals surface area contributed by atoms with E-state index in [1.165, 1.54) is 6.21 Å². The van der Waals surface area contributed by atoms with E-state index in [0.717, 1.165) is 10.6 Å². The molecule has 0 atom stereocenters. The molecular formula is C17H20N4O4S. The third-order valence-electron chi connectivity index (χ3n) is 3.20. The minimum Gasteiger partial charge on any atom is -0.494 e. The summed E-state index contributed by atoms with van der Waals surface area (Å²) in [5.74, 6) is 0.0469. The normalized spacial score (nSPS) is 11.3. The number of anilines is 1. The number of ether oxygens (including phenoxy) is 1. The average Bonchev–Trinajstić information content (AvgIpc) is 2.61. The molecule has 0 saturated heterocycles. The van der Waals surface area contributed by atoms with Gasteiger partial charge in [-0.2, -0.15) is 5.10 Å². The first-order valence-electron chi connectivity index (χ1n) is 7.83. The molecule has 0 aliphatic rings. The van der Waals surface area contributed by atoms with Gasteiger partial charge in [-0.1, -0.05) is 6.07 Å². The van der Waals surface area contributed by atoms with Crippen molar-refractivity contribution in [3.05, 3.63) is 54.4 Å². The van der Waals surface area contributed by atoms with Crippen LogP contribution in [0.5, 0.6) is 5.75 Å². The molecule has 8 nitrogen and oxygen atoms in total. The second kappa shape index (κ2) is 8.95. The lowest BCUT2D eigenvalue weighted by Gasteiger charge is -2.21. The van der Waals surface area contributed by atoms with Gasteiger partial charge >= 0.3 is 0 Å². The van der Waals surface area contributed by atoms with E-state index in [2.05, 4.69) is 15.5 Å². The van der Waals surface area contributed by atoms with Crippen LogP contribution in [0.4, 0.5) is 5.69 Å². The Balaban J connectivity index is 2.05. The maximum Gasteiger partial charge on any atom is 0.260 e. The number of carbonyl (C=O) groups is 1. The van der Waals surface area contributed by atoms with Gasteiger partial charge in [0.1, 0.15) is 12.3 Å². The molecule has 2 aromatic rings. The van der Waals surface area contributed by atoms with Gasteiger partial charge in [-0.15, -0.1) is 0 Å². The number of sulfonamides is 1. The zero-order chi connectivity index (χ0) is 19.0. The number of hydrogen-bond donors (Lipinski definition) is 1. The molecule has 0 spiro atoms. The third kappa shape index (κ3) is 5.85. The number of rotatable bonds is 8. The van der Waals surface area contributed by atoms with E-state index in [1.54, 1.807) is 48.7 Å². The van der Waals surface area contributed by atoms with E-state index in [4.69, 9.17) is 4.74 Å². The Morgan fingerprint density at radius 2 is 2.00 bits per heavy atom. The maximum absolute atomic E-state index is 12.1. The number of benzene rings is 1. The second-order valence-corrected chi connectivity index (χ2v) is 7.15. The summed E-state index contributed by atoms with van der Waals surface area (Å²) in [6, 6.07) is 11.7. The van der Waals surface area contributed by atoms with Gasteiger partial charge in [0.2, 0.25) is 10.0 Å². The fourth-order valence-corrected chi connectivity index (χ4v) is 2.92. The molecular weight excluding hydrogens is 356 g/mol. The summed E-state index contributed by atoms with van der Waals surface area (Å²) < 4.78 is 30.4. The van der Waals surface area contributed by atoms with E-state index in [0.29, 0.717) is 23.7 Å². The SMILES string of the molecule is CCOc1ccc(N(CC(=O)N/N=C\c2ccccn2)S(C)(=O)=O)cc1. The van der Waals surface area contributed by atoms with Gasteiger partial charge in [-0.25, -0.2) is 13.8 Å². The van der Waals surface area contributed by atoms with E-state index in [1.807, 2.05) is 6.92 Å². The summed E-state index contributed by atoms with van der Waals surface area (Å²) >= 11 is 0. The second-order valence-electron chi connectivity index (χ2n) is 5.24. The number of carbonyl (C=O) groups excluding carboxylic acids is 1. The summed E-state index contributed by atoms with van der Waals surface area (Å²) in [7, 11) is -3.65. The van der Waals surface area contributed by atoms with Crippen LogP contribution in [-0.4, -0.2) is 44.9 Å². The van der Waals surface area contributed by atoms with Crippen LogP contribution < -0.4 is 14.5 Å². The molecule has 0 saturated carbocycles. The Labute approximate surface area is 152 Å². The number of amides is 1. The molecule has 138 valence electrons. The molecule has 1 aromatic carbocycles. The number of aromatic nitrogens is 1. The van der Waals surface area contributed by atoms with Crippen LogP contribution in [0.15, 0.2) is 53.8 Å². The highest BCUT2D eigenvalue weighted by Crippen LogP contribution is 2.21. The van der Waals surface area contributed by atoms with E-state index < -0.39 is 22.5 Å². The molecule has 1 N–H and O–H groups in total. The highest BCUT2D eigenvalue weighted by molar-refractivity contribution is 7.92. The van der Waals surface area contributed by atoms with Crippen LogP contribution in [0.2, 0.25) is 0 Å². The predicted octanol–water partition coefficient (Wildman–Crippen LogP) is 1.40. The van der Waals surface area contributed by atoms with Crippen LogP contribution in [0.1, 0.15) is 12.6 Å². The van der Waals surface area contributed by atoms with Crippen molar-refractivity contribution >= 4 is 27.8 Å². The first kappa shape index (κ1) is 19.4. The zero-order valence-corrected chi connectivity index (χ0v) is 15.3. The minimum atomic E-state index is -3.65. The summed E-state index contributed by atoms with van der Waals surface area (Å²) in [6.07, 6.45) is 4.01. The molecule has 1 amide bonds. The van der Waals surface area contributed by atoms with Crippen molar-refractivity contribution in [2.75, 3.05) is 23.7 Å². The lowest BCUT2D eigenvalue weighted by molar-refractivity contribution is -0.119.